The number of amides is 3. The van der Waals surface area contributed by atoms with Gasteiger partial charge in [0, 0.05) is 6.54 Å². The Labute approximate surface area is 205 Å². The summed E-state index contributed by atoms with van der Waals surface area (Å²) in [6.45, 7) is 11.3. The van der Waals surface area contributed by atoms with Gasteiger partial charge in [-0.05, 0) is 82.2 Å². The van der Waals surface area contributed by atoms with Crippen LogP contribution in [0.15, 0.2) is 30.5 Å². The summed E-state index contributed by atoms with van der Waals surface area (Å²) in [6.07, 6.45) is 2.36. The minimum absolute atomic E-state index is 0.166. The molecule has 1 aromatic heterocycles. The second-order valence-corrected chi connectivity index (χ2v) is 10.2. The molecule has 3 N–H and O–H groups in total. The fourth-order valence-corrected chi connectivity index (χ4v) is 4.05. The lowest BCUT2D eigenvalue weighted by Gasteiger charge is -2.38. The Balaban J connectivity index is 1.72. The molecule has 3 rings (SSSR count). The summed E-state index contributed by atoms with van der Waals surface area (Å²) in [5.74, 6) is -0.693. The number of aryl methyl sites for hydroxylation is 2. The summed E-state index contributed by atoms with van der Waals surface area (Å²) in [5, 5.41) is 15.3. The number of hydrogen-bond donors (Lipinski definition) is 3. The number of aromatic nitrogens is 1. The summed E-state index contributed by atoms with van der Waals surface area (Å²) in [6, 6.07) is 6.69. The molecule has 3 amide bonds. The first-order chi connectivity index (χ1) is 16.3. The lowest BCUT2D eigenvalue weighted by atomic mass is 9.89. The van der Waals surface area contributed by atoms with Gasteiger partial charge in [0.15, 0.2) is 0 Å². The Morgan fingerprint density at radius 2 is 1.80 bits per heavy atom. The van der Waals surface area contributed by atoms with Crippen LogP contribution >= 0.6 is 0 Å². The standard InChI is InChI=1S/C26H34N4O5/c1-15-7-10-20(18-9-8-16(2)21(31)12-18)30(14-15)24(33)23(32)28-19-11-17(3)22(27-13-19)29-25(34)35-26(4,5)6/h8-9,11-13,15,20,31H,7,10,14H2,1-6H3,(H,28,32)(H,27,29,34)/t15-,20+/m1/s1. The number of nitrogens with one attached hydrogen (secondary N) is 2. The van der Waals surface area contributed by atoms with Gasteiger partial charge in [-0.3, -0.25) is 14.9 Å². The molecule has 1 fully saturated rings. The molecular weight excluding hydrogens is 448 g/mol. The van der Waals surface area contributed by atoms with Crippen LogP contribution < -0.4 is 10.6 Å². The Kier molecular flexibility index (Phi) is 7.67. The molecule has 0 bridgehead atoms. The van der Waals surface area contributed by atoms with E-state index in [4.69, 9.17) is 4.74 Å². The van der Waals surface area contributed by atoms with Crippen LogP contribution in [0.1, 0.15) is 63.3 Å². The molecule has 1 aliphatic heterocycles. The number of carbonyl (C=O) groups is 3. The number of nitrogens with zero attached hydrogens (tertiary/aromatic N) is 2. The first kappa shape index (κ1) is 26.0. The van der Waals surface area contributed by atoms with Crippen LogP contribution in [0.25, 0.3) is 0 Å². The third-order valence-corrected chi connectivity index (χ3v) is 5.85. The molecule has 9 nitrogen and oxygen atoms in total. The summed E-state index contributed by atoms with van der Waals surface area (Å²) < 4.78 is 5.23. The second kappa shape index (κ2) is 10.3. The molecule has 9 heteroatoms. The van der Waals surface area contributed by atoms with E-state index >= 15 is 0 Å². The smallest absolute Gasteiger partial charge is 0.413 e. The van der Waals surface area contributed by atoms with Crippen molar-refractivity contribution in [2.45, 2.75) is 66.0 Å². The van der Waals surface area contributed by atoms with Gasteiger partial charge < -0.3 is 20.1 Å². The average Bonchev–Trinajstić information content (AvgIpc) is 2.75. The SMILES string of the molecule is Cc1ccc([C@@H]2CC[C@@H](C)CN2C(=O)C(=O)Nc2cnc(NC(=O)OC(C)(C)C)c(C)c2)cc1O. The van der Waals surface area contributed by atoms with E-state index in [-0.39, 0.29) is 17.7 Å². The van der Waals surface area contributed by atoms with Gasteiger partial charge in [-0.25, -0.2) is 9.78 Å². The van der Waals surface area contributed by atoms with Crippen molar-refractivity contribution in [2.24, 2.45) is 5.92 Å². The molecule has 2 aromatic rings. The lowest BCUT2D eigenvalue weighted by Crippen LogP contribution is -2.46. The van der Waals surface area contributed by atoms with E-state index in [0.717, 1.165) is 17.5 Å². The summed E-state index contributed by atoms with van der Waals surface area (Å²) in [5.41, 5.74) is 1.84. The maximum atomic E-state index is 13.2. The molecule has 0 unspecified atom stereocenters. The number of hydrogen-bond acceptors (Lipinski definition) is 6. The van der Waals surface area contributed by atoms with E-state index < -0.39 is 23.5 Å². The van der Waals surface area contributed by atoms with Crippen molar-refractivity contribution in [3.05, 3.63) is 47.2 Å². The van der Waals surface area contributed by atoms with Gasteiger partial charge in [-0.15, -0.1) is 0 Å². The molecule has 1 aromatic carbocycles. The van der Waals surface area contributed by atoms with Crippen LogP contribution in [0.4, 0.5) is 16.3 Å². The number of anilines is 2. The number of phenolic OH excluding ortho intramolecular Hbond substituents is 1. The number of piperidine rings is 1. The molecule has 0 saturated carbocycles. The molecule has 0 aliphatic carbocycles. The zero-order valence-electron chi connectivity index (χ0n) is 21.1. The first-order valence-corrected chi connectivity index (χ1v) is 11.7. The van der Waals surface area contributed by atoms with E-state index in [0.29, 0.717) is 30.0 Å². The molecular formula is C26H34N4O5. The molecule has 0 radical (unpaired) electrons. The Morgan fingerprint density at radius 1 is 1.09 bits per heavy atom. The fraction of sp³-hybridized carbons (Fsp3) is 0.462. The van der Waals surface area contributed by atoms with Crippen LogP contribution in [0.5, 0.6) is 5.75 Å². The number of benzene rings is 1. The number of carbonyl (C=O) groups excluding carboxylic acids is 3. The van der Waals surface area contributed by atoms with Gasteiger partial charge in [0.05, 0.1) is 17.9 Å². The summed E-state index contributed by atoms with van der Waals surface area (Å²) >= 11 is 0. The van der Waals surface area contributed by atoms with Crippen molar-refractivity contribution in [2.75, 3.05) is 17.2 Å². The monoisotopic (exact) mass is 482 g/mol. The van der Waals surface area contributed by atoms with E-state index in [2.05, 4.69) is 15.6 Å². The summed E-state index contributed by atoms with van der Waals surface area (Å²) in [4.78, 5) is 43.8. The van der Waals surface area contributed by atoms with Gasteiger partial charge in [0.25, 0.3) is 0 Å². The van der Waals surface area contributed by atoms with Gasteiger partial charge in [-0.1, -0.05) is 19.1 Å². The van der Waals surface area contributed by atoms with Gasteiger partial charge >= 0.3 is 17.9 Å². The molecule has 2 heterocycles. The highest BCUT2D eigenvalue weighted by molar-refractivity contribution is 6.39. The predicted octanol–water partition coefficient (Wildman–Crippen LogP) is 4.69. The maximum absolute atomic E-state index is 13.2. The molecule has 188 valence electrons. The Hall–Kier alpha value is -3.62. The highest BCUT2D eigenvalue weighted by Crippen LogP contribution is 2.35. The zero-order chi connectivity index (χ0) is 25.9. The number of rotatable bonds is 3. The lowest BCUT2D eigenvalue weighted by molar-refractivity contribution is -0.146. The highest BCUT2D eigenvalue weighted by atomic mass is 16.6. The van der Waals surface area contributed by atoms with Crippen LogP contribution in [0.3, 0.4) is 0 Å². The molecule has 35 heavy (non-hydrogen) atoms. The van der Waals surface area contributed by atoms with Gasteiger partial charge in [0.1, 0.15) is 17.2 Å². The van der Waals surface area contributed by atoms with Crippen molar-refractivity contribution < 1.29 is 24.2 Å². The van der Waals surface area contributed by atoms with Gasteiger partial charge in [0.2, 0.25) is 0 Å². The minimum atomic E-state index is -0.769. The van der Waals surface area contributed by atoms with E-state index in [9.17, 15) is 19.5 Å². The molecule has 2 atom stereocenters. The van der Waals surface area contributed by atoms with Gasteiger partial charge in [-0.2, -0.15) is 0 Å². The fourth-order valence-electron chi connectivity index (χ4n) is 4.05. The van der Waals surface area contributed by atoms with E-state index in [1.165, 1.54) is 6.20 Å². The normalized spacial score (nSPS) is 18.1. The Bertz CT molecular complexity index is 1130. The highest BCUT2D eigenvalue weighted by Gasteiger charge is 2.34. The molecule has 1 saturated heterocycles. The van der Waals surface area contributed by atoms with Crippen LogP contribution in [-0.4, -0.2) is 45.0 Å². The van der Waals surface area contributed by atoms with Crippen LogP contribution in [0, 0.1) is 19.8 Å². The minimum Gasteiger partial charge on any atom is -0.508 e. The van der Waals surface area contributed by atoms with Crippen molar-refractivity contribution in [1.82, 2.24) is 9.88 Å². The van der Waals surface area contributed by atoms with Crippen LogP contribution in [-0.2, 0) is 14.3 Å². The quantitative estimate of drug-likeness (QED) is 0.546. The average molecular weight is 483 g/mol. The Morgan fingerprint density at radius 3 is 2.43 bits per heavy atom. The topological polar surface area (TPSA) is 121 Å². The largest absolute Gasteiger partial charge is 0.508 e. The molecule has 1 aliphatic rings. The van der Waals surface area contributed by atoms with Crippen molar-refractivity contribution in [1.29, 1.82) is 0 Å². The molecule has 0 spiro atoms. The number of phenols is 1. The van der Waals surface area contributed by atoms with E-state index in [1.54, 1.807) is 44.7 Å². The van der Waals surface area contributed by atoms with Crippen molar-refractivity contribution >= 4 is 29.4 Å². The van der Waals surface area contributed by atoms with Crippen LogP contribution in [0.2, 0.25) is 0 Å². The number of aromatic hydroxyl groups is 1. The second-order valence-electron chi connectivity index (χ2n) is 10.2. The number of pyridine rings is 1. The van der Waals surface area contributed by atoms with Crippen molar-refractivity contribution in [3.8, 4) is 5.75 Å². The third kappa shape index (κ3) is 6.71. The van der Waals surface area contributed by atoms with E-state index in [1.807, 2.05) is 26.0 Å². The third-order valence-electron chi connectivity index (χ3n) is 5.85. The summed E-state index contributed by atoms with van der Waals surface area (Å²) in [7, 11) is 0. The first-order valence-electron chi connectivity index (χ1n) is 11.7. The zero-order valence-corrected chi connectivity index (χ0v) is 21.1. The maximum Gasteiger partial charge on any atom is 0.413 e. The predicted molar refractivity (Wildman–Crippen MR) is 133 cm³/mol. The van der Waals surface area contributed by atoms with Crippen molar-refractivity contribution in [3.63, 3.8) is 0 Å². The number of ether oxygens (including phenoxy) is 1. The number of likely N-dealkylation sites (tertiary alicyclic amines) is 1.